The first kappa shape index (κ1) is 18.7. The van der Waals surface area contributed by atoms with E-state index in [1.165, 1.54) is 6.07 Å². The summed E-state index contributed by atoms with van der Waals surface area (Å²) in [6, 6.07) is 15.4. The van der Waals surface area contributed by atoms with Crippen LogP contribution in [0.15, 0.2) is 59.4 Å². The quantitative estimate of drug-likeness (QED) is 0.675. The van der Waals surface area contributed by atoms with Gasteiger partial charge in [0.25, 0.3) is 11.5 Å². The van der Waals surface area contributed by atoms with Crippen molar-refractivity contribution in [1.29, 1.82) is 0 Å². The van der Waals surface area contributed by atoms with Gasteiger partial charge < -0.3 is 5.73 Å². The summed E-state index contributed by atoms with van der Waals surface area (Å²) < 4.78 is 16.4. The number of hydrogen-bond donors (Lipinski definition) is 1. The van der Waals surface area contributed by atoms with Crippen molar-refractivity contribution < 1.29 is 9.18 Å². The molecule has 30 heavy (non-hydrogen) atoms. The molecule has 152 valence electrons. The number of primary amides is 1. The standard InChI is InChI=1S/C24H22FN3O2/c25-19-12-17(10-11-18(19)14-6-7-14)22(15-8-9-15)28-21(29)13-20(23(26)30)27-24(28)16-4-2-1-3-5-16/h1-5,10-15,22H,6-9H2,(H2,26,30)/t22-/m1/s1. The minimum atomic E-state index is -0.751. The van der Waals surface area contributed by atoms with Crippen LogP contribution in [0.2, 0.25) is 0 Å². The maximum Gasteiger partial charge on any atom is 0.267 e. The largest absolute Gasteiger partial charge is 0.364 e. The zero-order valence-corrected chi connectivity index (χ0v) is 16.4. The highest BCUT2D eigenvalue weighted by atomic mass is 19.1. The summed E-state index contributed by atoms with van der Waals surface area (Å²) in [6.45, 7) is 0. The van der Waals surface area contributed by atoms with Crippen LogP contribution in [0, 0.1) is 11.7 Å². The van der Waals surface area contributed by atoms with Crippen molar-refractivity contribution in [3.63, 3.8) is 0 Å². The molecule has 0 radical (unpaired) electrons. The average Bonchev–Trinajstić information content (AvgIpc) is 3.63. The van der Waals surface area contributed by atoms with Crippen LogP contribution in [0.5, 0.6) is 0 Å². The number of amides is 1. The van der Waals surface area contributed by atoms with Crippen LogP contribution in [0.4, 0.5) is 4.39 Å². The van der Waals surface area contributed by atoms with Crippen LogP contribution in [0.3, 0.4) is 0 Å². The Hall–Kier alpha value is -3.28. The second-order valence-corrected chi connectivity index (χ2v) is 8.24. The summed E-state index contributed by atoms with van der Waals surface area (Å²) >= 11 is 0. The average molecular weight is 403 g/mol. The van der Waals surface area contributed by atoms with Gasteiger partial charge in [0.2, 0.25) is 0 Å². The lowest BCUT2D eigenvalue weighted by Gasteiger charge is -2.24. The van der Waals surface area contributed by atoms with Gasteiger partial charge in [-0.25, -0.2) is 9.37 Å². The van der Waals surface area contributed by atoms with Gasteiger partial charge in [-0.3, -0.25) is 14.2 Å². The highest BCUT2D eigenvalue weighted by Crippen LogP contribution is 2.46. The Labute approximate surface area is 173 Å². The summed E-state index contributed by atoms with van der Waals surface area (Å²) in [5.74, 6) is -0.0495. The third-order valence-corrected chi connectivity index (χ3v) is 5.97. The molecule has 0 unspecified atom stereocenters. The van der Waals surface area contributed by atoms with E-state index in [0.29, 0.717) is 17.3 Å². The Balaban J connectivity index is 1.70. The first-order chi connectivity index (χ1) is 14.5. The molecule has 5 nitrogen and oxygen atoms in total. The summed E-state index contributed by atoms with van der Waals surface area (Å²) in [5, 5.41) is 0. The van der Waals surface area contributed by atoms with E-state index in [1.54, 1.807) is 10.6 Å². The molecule has 3 aromatic rings. The molecule has 2 fully saturated rings. The molecular formula is C24H22FN3O2. The maximum atomic E-state index is 14.8. The van der Waals surface area contributed by atoms with Crippen LogP contribution in [-0.2, 0) is 0 Å². The van der Waals surface area contributed by atoms with Crippen molar-refractivity contribution in [2.45, 2.75) is 37.6 Å². The molecule has 5 rings (SSSR count). The first-order valence-electron chi connectivity index (χ1n) is 10.3. The zero-order chi connectivity index (χ0) is 20.8. The Morgan fingerprint density at radius 3 is 2.40 bits per heavy atom. The zero-order valence-electron chi connectivity index (χ0n) is 16.4. The number of carbonyl (C=O) groups is 1. The van der Waals surface area contributed by atoms with Crippen molar-refractivity contribution in [3.8, 4) is 11.4 Å². The lowest BCUT2D eigenvalue weighted by molar-refractivity contribution is 0.0995. The predicted octanol–water partition coefficient (Wildman–Crippen LogP) is 4.03. The third kappa shape index (κ3) is 3.43. The number of aromatic nitrogens is 2. The molecule has 2 aliphatic rings. The second-order valence-electron chi connectivity index (χ2n) is 8.24. The molecule has 0 saturated heterocycles. The summed E-state index contributed by atoms with van der Waals surface area (Å²) in [4.78, 5) is 29.4. The fraction of sp³-hybridized carbons (Fsp3) is 0.292. The fourth-order valence-electron chi connectivity index (χ4n) is 4.17. The van der Waals surface area contributed by atoms with Crippen LogP contribution in [0.25, 0.3) is 11.4 Å². The number of nitrogens with two attached hydrogens (primary N) is 1. The molecule has 0 aliphatic heterocycles. The molecule has 1 aromatic heterocycles. The van der Waals surface area contributed by atoms with Crippen LogP contribution in [-0.4, -0.2) is 15.5 Å². The SMILES string of the molecule is NC(=O)c1cc(=O)n([C@@H](c2ccc(C3CC3)c(F)c2)C2CC2)c(-c2ccccc2)n1. The molecule has 0 bridgehead atoms. The topological polar surface area (TPSA) is 78.0 Å². The van der Waals surface area contributed by atoms with E-state index >= 15 is 0 Å². The second kappa shape index (κ2) is 7.20. The van der Waals surface area contributed by atoms with Crippen molar-refractivity contribution in [2.24, 2.45) is 11.7 Å². The Kier molecular flexibility index (Phi) is 4.50. The van der Waals surface area contributed by atoms with Crippen molar-refractivity contribution in [1.82, 2.24) is 9.55 Å². The van der Waals surface area contributed by atoms with Gasteiger partial charge >= 0.3 is 0 Å². The number of carbonyl (C=O) groups excluding carboxylic acids is 1. The predicted molar refractivity (Wildman–Crippen MR) is 112 cm³/mol. The number of hydrogen-bond acceptors (Lipinski definition) is 3. The van der Waals surface area contributed by atoms with Crippen molar-refractivity contribution >= 4 is 5.91 Å². The molecule has 1 atom stereocenters. The van der Waals surface area contributed by atoms with Gasteiger partial charge in [-0.2, -0.15) is 0 Å². The summed E-state index contributed by atoms with van der Waals surface area (Å²) in [5.41, 5.74) is 7.20. The highest BCUT2D eigenvalue weighted by molar-refractivity contribution is 5.91. The summed E-state index contributed by atoms with van der Waals surface area (Å²) in [6.07, 6.45) is 3.96. The first-order valence-corrected chi connectivity index (χ1v) is 10.3. The molecule has 1 heterocycles. The minimum Gasteiger partial charge on any atom is -0.364 e. The number of halogens is 1. The van der Waals surface area contributed by atoms with E-state index in [4.69, 9.17) is 5.73 Å². The smallest absolute Gasteiger partial charge is 0.267 e. The fourth-order valence-corrected chi connectivity index (χ4v) is 4.17. The number of benzene rings is 2. The van der Waals surface area contributed by atoms with Crippen molar-refractivity contribution in [2.75, 3.05) is 0 Å². The van der Waals surface area contributed by atoms with Gasteiger partial charge in [0.1, 0.15) is 17.3 Å². The monoisotopic (exact) mass is 403 g/mol. The van der Waals surface area contributed by atoms with Crippen LogP contribution >= 0.6 is 0 Å². The van der Waals surface area contributed by atoms with Gasteiger partial charge in [-0.05, 0) is 54.7 Å². The molecule has 2 aliphatic carbocycles. The highest BCUT2D eigenvalue weighted by Gasteiger charge is 2.37. The third-order valence-electron chi connectivity index (χ3n) is 5.97. The number of rotatable bonds is 6. The normalized spacial score (nSPS) is 17.0. The molecule has 2 aromatic carbocycles. The molecule has 0 spiro atoms. The van der Waals surface area contributed by atoms with E-state index in [2.05, 4.69) is 4.98 Å². The maximum absolute atomic E-state index is 14.8. The van der Waals surface area contributed by atoms with Gasteiger partial charge in [0.05, 0.1) is 6.04 Å². The number of nitrogens with zero attached hydrogens (tertiary/aromatic N) is 2. The minimum absolute atomic E-state index is 0.0695. The van der Waals surface area contributed by atoms with Crippen LogP contribution in [0.1, 0.15) is 59.3 Å². The van der Waals surface area contributed by atoms with Gasteiger partial charge in [-0.1, -0.05) is 42.5 Å². The van der Waals surface area contributed by atoms with Gasteiger partial charge in [0.15, 0.2) is 0 Å². The van der Waals surface area contributed by atoms with E-state index in [1.807, 2.05) is 42.5 Å². The Morgan fingerprint density at radius 2 is 1.80 bits per heavy atom. The Bertz CT molecular complexity index is 1180. The summed E-state index contributed by atoms with van der Waals surface area (Å²) in [7, 11) is 0. The molecule has 6 heteroatoms. The van der Waals surface area contributed by atoms with Crippen molar-refractivity contribution in [3.05, 3.63) is 87.6 Å². The van der Waals surface area contributed by atoms with E-state index < -0.39 is 5.91 Å². The van der Waals surface area contributed by atoms with Gasteiger partial charge in [0, 0.05) is 11.6 Å². The van der Waals surface area contributed by atoms with Crippen LogP contribution < -0.4 is 11.3 Å². The van der Waals surface area contributed by atoms with E-state index in [0.717, 1.165) is 36.8 Å². The Morgan fingerprint density at radius 1 is 1.07 bits per heavy atom. The van der Waals surface area contributed by atoms with E-state index in [-0.39, 0.29) is 29.0 Å². The molecule has 2 N–H and O–H groups in total. The lowest BCUT2D eigenvalue weighted by atomic mass is 9.98. The molecule has 1 amide bonds. The van der Waals surface area contributed by atoms with Gasteiger partial charge in [-0.15, -0.1) is 0 Å². The molecular weight excluding hydrogens is 381 g/mol. The lowest BCUT2D eigenvalue weighted by Crippen LogP contribution is -2.31. The van der Waals surface area contributed by atoms with E-state index in [9.17, 15) is 14.0 Å². The molecule has 2 saturated carbocycles.